The number of benzene rings is 1. The normalized spacial score (nSPS) is 30.4. The Labute approximate surface area is 181 Å². The number of nitrogens with zero attached hydrogens (tertiary/aromatic N) is 1. The Morgan fingerprint density at radius 1 is 1.16 bits per heavy atom. The maximum Gasteiger partial charge on any atom is 0.416 e. The van der Waals surface area contributed by atoms with E-state index in [9.17, 15) is 17.6 Å². The molecule has 0 amide bonds. The van der Waals surface area contributed by atoms with Crippen LogP contribution in [0.15, 0.2) is 42.3 Å². The number of hydrogen-bond acceptors (Lipinski definition) is 3. The van der Waals surface area contributed by atoms with Crippen LogP contribution in [0.4, 0.5) is 23.2 Å². The molecule has 1 aromatic rings. The molecule has 2 heterocycles. The summed E-state index contributed by atoms with van der Waals surface area (Å²) in [6.45, 7) is 6.80. The van der Waals surface area contributed by atoms with Crippen LogP contribution < -0.4 is 5.32 Å². The number of allylic oxidation sites excluding steroid dienone is 3. The average molecular weight is 439 g/mol. The second-order valence-corrected chi connectivity index (χ2v) is 8.72. The van der Waals surface area contributed by atoms with Gasteiger partial charge in [0.25, 0.3) is 0 Å². The summed E-state index contributed by atoms with van der Waals surface area (Å²) in [5.41, 5.74) is 0.621. The molecule has 1 aromatic carbocycles. The lowest BCUT2D eigenvalue weighted by molar-refractivity contribution is -0.138. The molecule has 1 N–H and O–H groups in total. The van der Waals surface area contributed by atoms with E-state index in [0.29, 0.717) is 17.7 Å². The topological polar surface area (TPSA) is 24.5 Å². The van der Waals surface area contributed by atoms with Crippen molar-refractivity contribution in [3.05, 3.63) is 53.4 Å². The van der Waals surface area contributed by atoms with Gasteiger partial charge >= 0.3 is 6.18 Å². The highest BCUT2D eigenvalue weighted by Gasteiger charge is 2.45. The van der Waals surface area contributed by atoms with E-state index in [1.807, 2.05) is 6.08 Å². The molecular weight excluding hydrogens is 408 g/mol. The second-order valence-electron chi connectivity index (χ2n) is 8.72. The van der Waals surface area contributed by atoms with Gasteiger partial charge in [0, 0.05) is 35.7 Å². The lowest BCUT2D eigenvalue weighted by Crippen LogP contribution is -2.48. The van der Waals surface area contributed by atoms with E-state index in [4.69, 9.17) is 4.74 Å². The summed E-state index contributed by atoms with van der Waals surface area (Å²) in [6, 6.07) is 3.87. The molecule has 0 aromatic heterocycles. The number of fused-ring (bicyclic) bond motifs is 3. The number of halogens is 4. The summed E-state index contributed by atoms with van der Waals surface area (Å²) in [7, 11) is 0. The van der Waals surface area contributed by atoms with E-state index >= 15 is 0 Å². The van der Waals surface area contributed by atoms with Crippen LogP contribution in [0.5, 0.6) is 0 Å². The van der Waals surface area contributed by atoms with Crippen molar-refractivity contribution in [1.82, 2.24) is 4.90 Å². The first kappa shape index (κ1) is 22.3. The SMILES string of the molecule is CCN(CC)C[C@H]1CC[C@@H]2[C@H](O1)c1cc(C(F)(F)F)ccc1N[C@H]2C1C=CC(F)=CC1. The van der Waals surface area contributed by atoms with Crippen molar-refractivity contribution in [3.8, 4) is 0 Å². The van der Waals surface area contributed by atoms with Gasteiger partial charge in [-0.25, -0.2) is 4.39 Å². The predicted octanol–water partition coefficient (Wildman–Crippen LogP) is 6.11. The molecule has 1 fully saturated rings. The molecule has 0 saturated carbocycles. The molecule has 3 aliphatic rings. The van der Waals surface area contributed by atoms with Crippen LogP contribution in [0.1, 0.15) is 50.3 Å². The molecule has 1 unspecified atom stereocenters. The highest BCUT2D eigenvalue weighted by molar-refractivity contribution is 5.58. The van der Waals surface area contributed by atoms with Crippen molar-refractivity contribution >= 4 is 5.69 Å². The quantitative estimate of drug-likeness (QED) is 0.562. The maximum absolute atomic E-state index is 13.5. The van der Waals surface area contributed by atoms with Crippen LogP contribution in [-0.2, 0) is 10.9 Å². The van der Waals surface area contributed by atoms with E-state index in [2.05, 4.69) is 24.1 Å². The van der Waals surface area contributed by atoms with Gasteiger partial charge in [-0.1, -0.05) is 19.9 Å². The van der Waals surface area contributed by atoms with Crippen molar-refractivity contribution in [2.45, 2.75) is 57.5 Å². The van der Waals surface area contributed by atoms with Gasteiger partial charge in [-0.2, -0.15) is 13.2 Å². The summed E-state index contributed by atoms with van der Waals surface area (Å²) < 4.78 is 60.2. The van der Waals surface area contributed by atoms with Crippen molar-refractivity contribution in [3.63, 3.8) is 0 Å². The molecule has 170 valence electrons. The minimum absolute atomic E-state index is 0.00996. The minimum Gasteiger partial charge on any atom is -0.381 e. The van der Waals surface area contributed by atoms with E-state index in [-0.39, 0.29) is 29.8 Å². The van der Waals surface area contributed by atoms with Gasteiger partial charge in [-0.15, -0.1) is 0 Å². The van der Waals surface area contributed by atoms with Crippen LogP contribution in [0.25, 0.3) is 0 Å². The lowest BCUT2D eigenvalue weighted by atomic mass is 9.73. The van der Waals surface area contributed by atoms with Crippen LogP contribution in [0.2, 0.25) is 0 Å². The Morgan fingerprint density at radius 2 is 1.94 bits per heavy atom. The van der Waals surface area contributed by atoms with E-state index < -0.39 is 17.8 Å². The zero-order chi connectivity index (χ0) is 22.2. The number of ether oxygens (including phenoxy) is 1. The van der Waals surface area contributed by atoms with Gasteiger partial charge < -0.3 is 15.0 Å². The molecule has 31 heavy (non-hydrogen) atoms. The fourth-order valence-corrected chi connectivity index (χ4v) is 5.18. The number of likely N-dealkylation sites (N-methyl/N-ethyl adjacent to an activating group) is 1. The van der Waals surface area contributed by atoms with Gasteiger partial charge in [0.2, 0.25) is 0 Å². The molecule has 0 radical (unpaired) electrons. The maximum atomic E-state index is 13.5. The summed E-state index contributed by atoms with van der Waals surface area (Å²) in [4.78, 5) is 2.29. The summed E-state index contributed by atoms with van der Waals surface area (Å²) >= 11 is 0. The largest absolute Gasteiger partial charge is 0.416 e. The zero-order valence-corrected chi connectivity index (χ0v) is 18.0. The van der Waals surface area contributed by atoms with Gasteiger partial charge in [-0.05, 0) is 62.7 Å². The monoisotopic (exact) mass is 438 g/mol. The number of anilines is 1. The van der Waals surface area contributed by atoms with Crippen molar-refractivity contribution in [2.24, 2.45) is 11.8 Å². The number of nitrogens with one attached hydrogen (secondary N) is 1. The fraction of sp³-hybridized carbons (Fsp3) is 0.583. The van der Waals surface area contributed by atoms with Crippen LogP contribution >= 0.6 is 0 Å². The van der Waals surface area contributed by atoms with Gasteiger partial charge in [-0.3, -0.25) is 0 Å². The first-order valence-electron chi connectivity index (χ1n) is 11.2. The highest BCUT2D eigenvalue weighted by Crippen LogP contribution is 2.49. The van der Waals surface area contributed by atoms with Crippen LogP contribution in [0.3, 0.4) is 0 Å². The standard InChI is InChI=1S/C24H30F4N2O/c1-3-30(4-2)14-18-10-11-19-22(15-5-8-17(25)9-6-15)29-21-12-7-16(24(26,27)28)13-20(21)23(19)31-18/h5,7-9,12-13,15,18-19,22-23,29H,3-4,6,10-11,14H2,1-2H3/t15?,18-,19+,22+,23+/m1/s1. The molecule has 7 heteroatoms. The smallest absolute Gasteiger partial charge is 0.381 e. The molecule has 0 bridgehead atoms. The Hall–Kier alpha value is -1.86. The van der Waals surface area contributed by atoms with E-state index in [1.165, 1.54) is 18.2 Å². The number of hydrogen-bond donors (Lipinski definition) is 1. The molecule has 4 rings (SSSR count). The van der Waals surface area contributed by atoms with E-state index in [0.717, 1.165) is 38.5 Å². The van der Waals surface area contributed by atoms with Crippen LogP contribution in [0, 0.1) is 11.8 Å². The third kappa shape index (κ3) is 4.67. The Bertz CT molecular complexity index is 846. The first-order chi connectivity index (χ1) is 14.8. The second kappa shape index (κ2) is 8.94. The average Bonchev–Trinajstić information content (AvgIpc) is 2.76. The summed E-state index contributed by atoms with van der Waals surface area (Å²) in [5, 5.41) is 3.48. The Morgan fingerprint density at radius 3 is 2.58 bits per heavy atom. The molecule has 0 spiro atoms. The van der Waals surface area contributed by atoms with Gasteiger partial charge in [0.1, 0.15) is 5.83 Å². The summed E-state index contributed by atoms with van der Waals surface area (Å²) in [6.07, 6.45) is 2.43. The summed E-state index contributed by atoms with van der Waals surface area (Å²) in [5.74, 6) is -0.128. The predicted molar refractivity (Wildman–Crippen MR) is 113 cm³/mol. The van der Waals surface area contributed by atoms with Gasteiger partial charge in [0.05, 0.1) is 17.8 Å². The molecule has 3 nitrogen and oxygen atoms in total. The van der Waals surface area contributed by atoms with Crippen molar-refractivity contribution < 1.29 is 22.3 Å². The van der Waals surface area contributed by atoms with Crippen LogP contribution in [-0.4, -0.2) is 36.7 Å². The third-order valence-corrected chi connectivity index (χ3v) is 6.92. The van der Waals surface area contributed by atoms with E-state index in [1.54, 1.807) is 6.08 Å². The Balaban J connectivity index is 1.65. The Kier molecular flexibility index (Phi) is 6.44. The molecule has 5 atom stereocenters. The lowest BCUT2D eigenvalue weighted by Gasteiger charge is -2.48. The van der Waals surface area contributed by atoms with Gasteiger partial charge in [0.15, 0.2) is 0 Å². The fourth-order valence-electron chi connectivity index (χ4n) is 5.18. The highest BCUT2D eigenvalue weighted by atomic mass is 19.4. The number of rotatable bonds is 5. The third-order valence-electron chi connectivity index (χ3n) is 6.92. The first-order valence-corrected chi connectivity index (χ1v) is 11.2. The molecule has 2 aliphatic heterocycles. The number of alkyl halides is 3. The minimum atomic E-state index is -4.40. The zero-order valence-electron chi connectivity index (χ0n) is 18.0. The molecule has 1 aliphatic carbocycles. The van der Waals surface area contributed by atoms with Crippen molar-refractivity contribution in [1.29, 1.82) is 0 Å². The molecular formula is C24H30F4N2O. The molecule has 1 saturated heterocycles. The van der Waals surface area contributed by atoms with Crippen molar-refractivity contribution in [2.75, 3.05) is 25.0 Å².